The molecule has 18 nitrogen and oxygen atoms in total. The number of likely N-dealkylation sites (tertiary alicyclic amines) is 1. The van der Waals surface area contributed by atoms with E-state index in [2.05, 4.69) is 0 Å². The van der Waals surface area contributed by atoms with Gasteiger partial charge in [-0.3, -0.25) is 4.79 Å². The highest BCUT2D eigenvalue weighted by molar-refractivity contribution is 6.08. The first kappa shape index (κ1) is 32.0. The summed E-state index contributed by atoms with van der Waals surface area (Å²) in [5.41, 5.74) is -11.2. The lowest BCUT2D eigenvalue weighted by Crippen LogP contribution is -3.00. The summed E-state index contributed by atoms with van der Waals surface area (Å²) in [6, 6.07) is 7.03. The smallest absolute Gasteiger partial charge is 0.294 e. The van der Waals surface area contributed by atoms with E-state index >= 15 is 0 Å². The minimum absolute atomic E-state index is 0.0725. The first-order valence-corrected chi connectivity index (χ1v) is 11.8. The number of carbonyl (C=O) groups is 1. The number of rotatable bonds is 6. The maximum Gasteiger partial charge on any atom is 0.294 e. The van der Waals surface area contributed by atoms with Crippen molar-refractivity contribution in [2.24, 2.45) is 0 Å². The second-order valence-electron chi connectivity index (χ2n) is 10.1. The van der Waals surface area contributed by atoms with E-state index in [1.165, 1.54) is 13.2 Å². The predicted octanol–water partition coefficient (Wildman–Crippen LogP) is -6.66. The van der Waals surface area contributed by atoms with Crippen LogP contribution in [0.15, 0.2) is 42.5 Å². The summed E-state index contributed by atoms with van der Waals surface area (Å²) >= 11 is 0. The molecule has 1 aliphatic carbocycles. The molecule has 1 unspecified atom stereocenters. The molecule has 18 heteroatoms. The molecule has 0 amide bonds. The van der Waals surface area contributed by atoms with Crippen molar-refractivity contribution in [1.82, 2.24) is 4.90 Å². The quantitative estimate of drug-likeness (QED) is 0.136. The third-order valence-corrected chi connectivity index (χ3v) is 7.80. The molecule has 0 saturated carbocycles. The Morgan fingerprint density at radius 1 is 0.738 bits per heavy atom. The van der Waals surface area contributed by atoms with Gasteiger partial charge in [-0.25, -0.2) is 0 Å². The molecule has 0 aromatic heterocycles. The molecule has 0 spiro atoms. The highest BCUT2D eigenvalue weighted by Crippen LogP contribution is 2.59. The number of aliphatic hydroxyl groups is 14. The van der Waals surface area contributed by atoms with Crippen molar-refractivity contribution in [3.8, 4) is 11.5 Å². The Hall–Kier alpha value is -2.89. The topological polar surface area (TPSA) is 322 Å². The lowest BCUT2D eigenvalue weighted by Gasteiger charge is -2.67. The third-order valence-electron chi connectivity index (χ3n) is 7.80. The van der Waals surface area contributed by atoms with Crippen molar-refractivity contribution in [2.45, 2.75) is 52.7 Å². The number of methoxy groups -OCH3 is 2. The molecule has 232 valence electrons. The normalized spacial score (nSPS) is 26.0. The van der Waals surface area contributed by atoms with Gasteiger partial charge in [0, 0.05) is 17.5 Å². The molecule has 1 fully saturated rings. The van der Waals surface area contributed by atoms with Crippen molar-refractivity contribution < 1.29 is 85.8 Å². The molecule has 14 N–H and O–H groups in total. The van der Waals surface area contributed by atoms with Crippen LogP contribution in [0.4, 0.5) is 0 Å². The van der Waals surface area contributed by atoms with Crippen LogP contribution < -0.4 is 9.47 Å². The second-order valence-corrected chi connectivity index (χ2v) is 10.1. The summed E-state index contributed by atoms with van der Waals surface area (Å²) < 4.78 is 10.1. The van der Waals surface area contributed by atoms with Gasteiger partial charge < -0.3 is 81.0 Å². The van der Waals surface area contributed by atoms with Crippen LogP contribution in [0.5, 0.6) is 11.5 Å². The molecule has 2 aliphatic rings. The molecule has 2 aromatic carbocycles. The number of nitrogens with zero attached hydrogens (tertiary/aromatic N) is 1. The number of piperidine rings is 1. The Morgan fingerprint density at radius 3 is 1.64 bits per heavy atom. The lowest BCUT2D eigenvalue weighted by atomic mass is 9.63. The Balaban J connectivity index is 1.96. The fourth-order valence-electron chi connectivity index (χ4n) is 5.41. The Kier molecular flexibility index (Phi) is 6.91. The van der Waals surface area contributed by atoms with E-state index in [1.54, 1.807) is 0 Å². The van der Waals surface area contributed by atoms with Crippen LogP contribution >= 0.6 is 0 Å². The number of benzene rings is 2. The molecule has 1 aliphatic heterocycles. The molecular formula is C24H29NO17. The van der Waals surface area contributed by atoms with Crippen LogP contribution in [0.3, 0.4) is 0 Å². The summed E-state index contributed by atoms with van der Waals surface area (Å²) in [5, 5.41) is 153. The Labute approximate surface area is 234 Å². The van der Waals surface area contributed by atoms with Crippen molar-refractivity contribution in [1.29, 1.82) is 0 Å². The number of ether oxygens (including phenoxy) is 2. The van der Waals surface area contributed by atoms with E-state index in [1.807, 2.05) is 0 Å². The first-order chi connectivity index (χ1) is 19.0. The van der Waals surface area contributed by atoms with Crippen LogP contribution in [0.1, 0.15) is 21.5 Å². The molecule has 4 rings (SSSR count). The van der Waals surface area contributed by atoms with E-state index in [9.17, 15) is 76.3 Å². The average Bonchev–Trinajstić information content (AvgIpc) is 3.16. The summed E-state index contributed by atoms with van der Waals surface area (Å²) in [6.45, 7) is 0. The molecule has 0 bridgehead atoms. The fourth-order valence-corrected chi connectivity index (χ4v) is 5.41. The summed E-state index contributed by atoms with van der Waals surface area (Å²) in [5.74, 6) is -32.3. The summed E-state index contributed by atoms with van der Waals surface area (Å²) in [4.78, 5) is 12.0. The lowest BCUT2D eigenvalue weighted by molar-refractivity contribution is -0.648. The Bertz CT molecular complexity index is 1380. The number of Topliss-reactive ketones (excluding diaryl/α,β-unsaturated/α-hetero) is 1. The van der Waals surface area contributed by atoms with Gasteiger partial charge in [-0.15, -0.1) is 4.90 Å². The van der Waals surface area contributed by atoms with Crippen molar-refractivity contribution >= 4 is 5.78 Å². The maximum absolute atomic E-state index is 13.3. The number of fused-ring (bicyclic) bond motifs is 1. The standard InChI is InChI=1S/C24H29NO17/c1-41-14-8-11-10-17(27,16(26)13(11)9-15(14)42-2)20(31,32)19(30)21(33,34)23(37,38)25(24(39,40)22(19,35)36)18(28,29)12-6-4-3-5-7-12/h3-9,27-40H,10H2,1-2H3. The van der Waals surface area contributed by atoms with Crippen molar-refractivity contribution in [3.05, 3.63) is 59.2 Å². The van der Waals surface area contributed by atoms with Gasteiger partial charge in [0.25, 0.3) is 29.3 Å². The van der Waals surface area contributed by atoms with Gasteiger partial charge in [0.05, 0.1) is 14.2 Å². The number of carbonyl (C=O) groups excluding carboxylic acids is 1. The summed E-state index contributed by atoms with van der Waals surface area (Å²) in [6.07, 6.45) is -1.30. The zero-order chi connectivity index (χ0) is 32.1. The van der Waals surface area contributed by atoms with Gasteiger partial charge in [-0.05, 0) is 17.7 Å². The molecule has 42 heavy (non-hydrogen) atoms. The monoisotopic (exact) mass is 603 g/mol. The number of hydrogen-bond donors (Lipinski definition) is 14. The largest absolute Gasteiger partial charge is 0.493 e. The summed E-state index contributed by atoms with van der Waals surface area (Å²) in [7, 11) is 2.32. The van der Waals surface area contributed by atoms with E-state index in [-0.39, 0.29) is 17.1 Å². The van der Waals surface area contributed by atoms with Crippen LogP contribution in [-0.4, -0.2) is 137 Å². The van der Waals surface area contributed by atoms with Gasteiger partial charge in [0.1, 0.15) is 0 Å². The number of ketones is 1. The van der Waals surface area contributed by atoms with Gasteiger partial charge in [0.15, 0.2) is 17.1 Å². The molecule has 2 aromatic rings. The highest BCUT2D eigenvalue weighted by atomic mass is 16.7. The van der Waals surface area contributed by atoms with Crippen LogP contribution in [0, 0.1) is 0 Å². The zero-order valence-corrected chi connectivity index (χ0v) is 21.7. The van der Waals surface area contributed by atoms with Gasteiger partial charge in [-0.2, -0.15) is 0 Å². The molecule has 1 heterocycles. The minimum Gasteiger partial charge on any atom is -0.493 e. The maximum atomic E-state index is 13.3. The average molecular weight is 603 g/mol. The first-order valence-electron chi connectivity index (χ1n) is 11.8. The zero-order valence-electron chi connectivity index (χ0n) is 21.7. The predicted molar refractivity (Wildman–Crippen MR) is 128 cm³/mol. The second kappa shape index (κ2) is 9.06. The number of hydrogen-bond acceptors (Lipinski definition) is 18. The van der Waals surface area contributed by atoms with Crippen LogP contribution in [0.25, 0.3) is 0 Å². The SMILES string of the molecule is COc1cc2c(cc1OC)C(=O)C(O)(C(O)(O)C1(O)C(O)(O)C(O)(O)N(C(O)(O)c3ccccc3)C(O)(O)C1(O)O)C2. The van der Waals surface area contributed by atoms with Crippen LogP contribution in [-0.2, 0) is 12.3 Å². The van der Waals surface area contributed by atoms with Crippen LogP contribution in [0.2, 0.25) is 0 Å². The van der Waals surface area contributed by atoms with E-state index in [0.29, 0.717) is 0 Å². The van der Waals surface area contributed by atoms with E-state index in [4.69, 9.17) is 9.47 Å². The molecule has 0 radical (unpaired) electrons. The van der Waals surface area contributed by atoms with E-state index in [0.717, 1.165) is 43.5 Å². The molecular weight excluding hydrogens is 574 g/mol. The van der Waals surface area contributed by atoms with Gasteiger partial charge in [0.2, 0.25) is 17.2 Å². The van der Waals surface area contributed by atoms with Crippen molar-refractivity contribution in [3.63, 3.8) is 0 Å². The Morgan fingerprint density at radius 2 is 1.19 bits per heavy atom. The highest BCUT2D eigenvalue weighted by Gasteiger charge is 2.94. The third kappa shape index (κ3) is 3.47. The van der Waals surface area contributed by atoms with Crippen molar-refractivity contribution in [2.75, 3.05) is 14.2 Å². The van der Waals surface area contributed by atoms with Gasteiger partial charge in [-0.1, -0.05) is 30.3 Å². The fraction of sp³-hybridized carbons (Fsp3) is 0.458. The van der Waals surface area contributed by atoms with E-state index < -0.39 is 74.5 Å². The minimum atomic E-state index is -5.43. The molecule has 1 saturated heterocycles. The molecule has 1 atom stereocenters. The van der Waals surface area contributed by atoms with Gasteiger partial charge >= 0.3 is 0 Å².